The molecule has 4 rings (SSSR count). The Hall–Kier alpha value is -2.91. The summed E-state index contributed by atoms with van der Waals surface area (Å²) >= 11 is 0. The van der Waals surface area contributed by atoms with Gasteiger partial charge < -0.3 is 14.6 Å². The fourth-order valence-electron chi connectivity index (χ4n) is 4.38. The third kappa shape index (κ3) is 6.21. The number of aromatic nitrogens is 2. The second-order valence-electron chi connectivity index (χ2n) is 9.07. The van der Waals surface area contributed by atoms with E-state index in [2.05, 4.69) is 10.3 Å². The molecule has 0 unspecified atom stereocenters. The summed E-state index contributed by atoms with van der Waals surface area (Å²) in [5.41, 5.74) is 2.64. The third-order valence-corrected chi connectivity index (χ3v) is 8.27. The molecule has 1 saturated heterocycles. The van der Waals surface area contributed by atoms with Gasteiger partial charge in [0, 0.05) is 39.5 Å². The SMILES string of the molecule is Cc1cccc(OCCCNC(=O)CCc2nc3cc(S(=O)(=O)N4CCCCC4)ccc3n2C)c1. The summed E-state index contributed by atoms with van der Waals surface area (Å²) < 4.78 is 35.2. The van der Waals surface area contributed by atoms with Gasteiger partial charge in [-0.05, 0) is 62.1 Å². The number of rotatable bonds is 10. The van der Waals surface area contributed by atoms with Crippen LogP contribution in [0, 0.1) is 6.92 Å². The quantitative estimate of drug-likeness (QED) is 0.431. The zero-order valence-electron chi connectivity index (χ0n) is 20.5. The van der Waals surface area contributed by atoms with Gasteiger partial charge in [-0.25, -0.2) is 13.4 Å². The van der Waals surface area contributed by atoms with Crippen molar-refractivity contribution in [1.82, 2.24) is 19.2 Å². The number of sulfonamides is 1. The average Bonchev–Trinajstić information content (AvgIpc) is 3.18. The maximum absolute atomic E-state index is 13.0. The minimum absolute atomic E-state index is 0.0408. The largest absolute Gasteiger partial charge is 0.494 e. The number of hydrogen-bond acceptors (Lipinski definition) is 5. The number of aryl methyl sites for hydroxylation is 3. The first-order valence-electron chi connectivity index (χ1n) is 12.3. The molecule has 35 heavy (non-hydrogen) atoms. The molecule has 0 atom stereocenters. The lowest BCUT2D eigenvalue weighted by molar-refractivity contribution is -0.121. The molecule has 0 radical (unpaired) electrons. The number of benzene rings is 2. The van der Waals surface area contributed by atoms with E-state index >= 15 is 0 Å². The second kappa shape index (κ2) is 11.2. The van der Waals surface area contributed by atoms with E-state index in [0.29, 0.717) is 44.6 Å². The van der Waals surface area contributed by atoms with Crippen molar-refractivity contribution in [3.63, 3.8) is 0 Å². The molecule has 1 aliphatic rings. The van der Waals surface area contributed by atoms with Gasteiger partial charge in [0.05, 0.1) is 22.5 Å². The smallest absolute Gasteiger partial charge is 0.243 e. The maximum atomic E-state index is 13.0. The minimum atomic E-state index is -3.51. The van der Waals surface area contributed by atoms with Gasteiger partial charge in [0.2, 0.25) is 15.9 Å². The standard InChI is InChI=1S/C26H34N4O4S/c1-20-8-6-9-21(18-20)34-17-7-14-27-26(31)13-12-25-28-23-19-22(10-11-24(23)29(25)2)35(32,33)30-15-4-3-5-16-30/h6,8-11,18-19H,3-5,7,12-17H2,1-2H3,(H,27,31). The van der Waals surface area contributed by atoms with Crippen LogP contribution in [0.25, 0.3) is 11.0 Å². The highest BCUT2D eigenvalue weighted by Gasteiger charge is 2.26. The molecule has 1 aliphatic heterocycles. The molecule has 2 aromatic carbocycles. The molecule has 0 saturated carbocycles. The van der Waals surface area contributed by atoms with Gasteiger partial charge in [-0.15, -0.1) is 0 Å². The highest BCUT2D eigenvalue weighted by atomic mass is 32.2. The van der Waals surface area contributed by atoms with Gasteiger partial charge in [-0.3, -0.25) is 4.79 Å². The van der Waals surface area contributed by atoms with E-state index in [1.54, 1.807) is 22.5 Å². The van der Waals surface area contributed by atoms with Crippen molar-refractivity contribution in [2.75, 3.05) is 26.2 Å². The number of carbonyl (C=O) groups is 1. The number of nitrogens with zero attached hydrogens (tertiary/aromatic N) is 3. The van der Waals surface area contributed by atoms with Crippen LogP contribution in [0.1, 0.15) is 43.5 Å². The Morgan fingerprint density at radius 3 is 2.69 bits per heavy atom. The summed E-state index contributed by atoms with van der Waals surface area (Å²) in [6, 6.07) is 13.0. The topological polar surface area (TPSA) is 93.5 Å². The summed E-state index contributed by atoms with van der Waals surface area (Å²) in [7, 11) is -1.62. The fourth-order valence-corrected chi connectivity index (χ4v) is 5.91. The van der Waals surface area contributed by atoms with Crippen LogP contribution in [0.3, 0.4) is 0 Å². The van der Waals surface area contributed by atoms with Crippen molar-refractivity contribution in [2.45, 2.75) is 50.3 Å². The Labute approximate surface area is 207 Å². The number of amides is 1. The predicted octanol–water partition coefficient (Wildman–Crippen LogP) is 3.57. The summed E-state index contributed by atoms with van der Waals surface area (Å²) in [5.74, 6) is 1.55. The van der Waals surface area contributed by atoms with E-state index in [1.807, 2.05) is 42.8 Å². The number of carbonyl (C=O) groups excluding carboxylic acids is 1. The first kappa shape index (κ1) is 25.2. The van der Waals surface area contributed by atoms with E-state index in [4.69, 9.17) is 4.74 Å². The van der Waals surface area contributed by atoms with E-state index in [0.717, 1.165) is 48.3 Å². The summed E-state index contributed by atoms with van der Waals surface area (Å²) in [4.78, 5) is 17.2. The molecule has 0 spiro atoms. The summed E-state index contributed by atoms with van der Waals surface area (Å²) in [5, 5.41) is 2.93. The molecule has 1 amide bonds. The van der Waals surface area contributed by atoms with Crippen LogP contribution in [0.4, 0.5) is 0 Å². The number of fused-ring (bicyclic) bond motifs is 1. The highest BCUT2D eigenvalue weighted by molar-refractivity contribution is 7.89. The first-order chi connectivity index (χ1) is 16.8. The van der Waals surface area contributed by atoms with Crippen LogP contribution in [-0.2, 0) is 28.3 Å². The molecular weight excluding hydrogens is 464 g/mol. The van der Waals surface area contributed by atoms with Crippen molar-refractivity contribution in [3.8, 4) is 5.75 Å². The van der Waals surface area contributed by atoms with E-state index in [-0.39, 0.29) is 10.8 Å². The lowest BCUT2D eigenvalue weighted by atomic mass is 10.2. The zero-order valence-corrected chi connectivity index (χ0v) is 21.3. The van der Waals surface area contributed by atoms with Gasteiger partial charge in [0.15, 0.2) is 0 Å². The monoisotopic (exact) mass is 498 g/mol. The highest BCUT2D eigenvalue weighted by Crippen LogP contribution is 2.25. The van der Waals surface area contributed by atoms with Crippen LogP contribution in [0.15, 0.2) is 47.4 Å². The summed E-state index contributed by atoms with van der Waals surface area (Å²) in [6.45, 7) is 4.25. The number of hydrogen-bond donors (Lipinski definition) is 1. The molecule has 0 aliphatic carbocycles. The number of piperidine rings is 1. The van der Waals surface area contributed by atoms with Gasteiger partial charge >= 0.3 is 0 Å². The molecule has 188 valence electrons. The Bertz CT molecular complexity index is 1280. The zero-order chi connectivity index (χ0) is 24.8. The van der Waals surface area contributed by atoms with E-state index in [1.165, 1.54) is 0 Å². The van der Waals surface area contributed by atoms with Crippen molar-refractivity contribution in [1.29, 1.82) is 0 Å². The maximum Gasteiger partial charge on any atom is 0.243 e. The van der Waals surface area contributed by atoms with Gasteiger partial charge in [-0.2, -0.15) is 4.31 Å². The third-order valence-electron chi connectivity index (χ3n) is 6.37. The van der Waals surface area contributed by atoms with E-state index < -0.39 is 10.0 Å². The Balaban J connectivity index is 1.28. The van der Waals surface area contributed by atoms with Gasteiger partial charge in [-0.1, -0.05) is 18.6 Å². The second-order valence-corrected chi connectivity index (χ2v) is 11.0. The Morgan fingerprint density at radius 2 is 1.91 bits per heavy atom. The Kier molecular flexibility index (Phi) is 8.07. The van der Waals surface area contributed by atoms with Crippen LogP contribution in [0.2, 0.25) is 0 Å². The lowest BCUT2D eigenvalue weighted by Crippen LogP contribution is -2.35. The number of imidazole rings is 1. The summed E-state index contributed by atoms with van der Waals surface area (Å²) in [6.07, 6.45) is 4.39. The Morgan fingerprint density at radius 1 is 1.11 bits per heavy atom. The molecule has 0 bridgehead atoms. The van der Waals surface area contributed by atoms with Gasteiger partial charge in [0.25, 0.3) is 0 Å². The van der Waals surface area contributed by atoms with Crippen molar-refractivity contribution < 1.29 is 17.9 Å². The van der Waals surface area contributed by atoms with Crippen molar-refractivity contribution >= 4 is 27.0 Å². The molecule has 1 N–H and O–H groups in total. The number of ether oxygens (including phenoxy) is 1. The number of nitrogens with one attached hydrogen (secondary N) is 1. The van der Waals surface area contributed by atoms with Crippen LogP contribution >= 0.6 is 0 Å². The first-order valence-corrected chi connectivity index (χ1v) is 13.7. The molecular formula is C26H34N4O4S. The van der Waals surface area contributed by atoms with Crippen LogP contribution in [-0.4, -0.2) is 54.4 Å². The predicted molar refractivity (Wildman–Crippen MR) is 136 cm³/mol. The van der Waals surface area contributed by atoms with Gasteiger partial charge in [0.1, 0.15) is 11.6 Å². The van der Waals surface area contributed by atoms with Crippen LogP contribution < -0.4 is 10.1 Å². The normalized spacial score (nSPS) is 14.8. The molecule has 8 nitrogen and oxygen atoms in total. The van der Waals surface area contributed by atoms with E-state index in [9.17, 15) is 13.2 Å². The average molecular weight is 499 g/mol. The molecule has 9 heteroatoms. The molecule has 1 aromatic heterocycles. The van der Waals surface area contributed by atoms with Crippen molar-refractivity contribution in [2.24, 2.45) is 7.05 Å². The van der Waals surface area contributed by atoms with Crippen molar-refractivity contribution in [3.05, 3.63) is 53.9 Å². The minimum Gasteiger partial charge on any atom is -0.494 e. The molecule has 2 heterocycles. The van der Waals surface area contributed by atoms with Crippen LogP contribution in [0.5, 0.6) is 5.75 Å². The molecule has 1 fully saturated rings. The lowest BCUT2D eigenvalue weighted by Gasteiger charge is -2.25. The fraction of sp³-hybridized carbons (Fsp3) is 0.462. The molecule has 3 aromatic rings.